The number of hydrogen-bond donors (Lipinski definition) is 2. The van der Waals surface area contributed by atoms with Crippen molar-refractivity contribution in [1.29, 1.82) is 0 Å². The summed E-state index contributed by atoms with van der Waals surface area (Å²) in [5, 5.41) is 12.0. The molecule has 0 aromatic heterocycles. The highest BCUT2D eigenvalue weighted by molar-refractivity contribution is 5.85. The van der Waals surface area contributed by atoms with Crippen molar-refractivity contribution in [2.45, 2.75) is 25.5 Å². The van der Waals surface area contributed by atoms with Gasteiger partial charge in [-0.2, -0.15) is 0 Å². The molecular formula is C21H23NO5. The second-order valence-electron chi connectivity index (χ2n) is 6.58. The third-order valence-corrected chi connectivity index (χ3v) is 4.53. The number of carboxylic acids is 1. The molecule has 2 aromatic rings. The number of aliphatic carboxylic acids is 1. The van der Waals surface area contributed by atoms with Crippen LogP contribution in [0.15, 0.2) is 54.6 Å². The Morgan fingerprint density at radius 3 is 2.48 bits per heavy atom. The standard InChI is InChI=1S/C21H23NO5/c23-20(17-10-11-26-14-17)22-19(21(24)25)12-15-6-8-18(9-7-15)27-13-16-4-2-1-3-5-16/h1-9,17,19H,10-14H2,(H,22,23)(H,24,25)/t17-,19-/m0/s1. The number of ether oxygens (including phenoxy) is 2. The van der Waals surface area contributed by atoms with Crippen LogP contribution in [-0.4, -0.2) is 36.2 Å². The molecule has 27 heavy (non-hydrogen) atoms. The van der Waals surface area contributed by atoms with Crippen LogP contribution >= 0.6 is 0 Å². The molecule has 2 atom stereocenters. The molecule has 0 radical (unpaired) electrons. The minimum Gasteiger partial charge on any atom is -0.489 e. The molecule has 0 aliphatic carbocycles. The first-order valence-electron chi connectivity index (χ1n) is 8.98. The summed E-state index contributed by atoms with van der Waals surface area (Å²) in [6.45, 7) is 1.36. The molecule has 1 amide bonds. The van der Waals surface area contributed by atoms with Crippen molar-refractivity contribution in [1.82, 2.24) is 5.32 Å². The second kappa shape index (κ2) is 9.19. The van der Waals surface area contributed by atoms with Crippen LogP contribution in [0.5, 0.6) is 5.75 Å². The molecule has 3 rings (SSSR count). The molecular weight excluding hydrogens is 346 g/mol. The topological polar surface area (TPSA) is 84.9 Å². The molecule has 142 valence electrons. The molecule has 0 bridgehead atoms. The van der Waals surface area contributed by atoms with Crippen LogP contribution in [0.25, 0.3) is 0 Å². The SMILES string of the molecule is O=C(N[C@@H](Cc1ccc(OCc2ccccc2)cc1)C(=O)O)[C@H]1CCOC1. The monoisotopic (exact) mass is 369 g/mol. The zero-order chi connectivity index (χ0) is 19.1. The van der Waals surface area contributed by atoms with Gasteiger partial charge in [0.1, 0.15) is 18.4 Å². The van der Waals surface area contributed by atoms with Crippen LogP contribution in [0.3, 0.4) is 0 Å². The van der Waals surface area contributed by atoms with Crippen molar-refractivity contribution < 1.29 is 24.2 Å². The number of benzene rings is 2. The highest BCUT2D eigenvalue weighted by Gasteiger charge is 2.28. The highest BCUT2D eigenvalue weighted by Crippen LogP contribution is 2.16. The van der Waals surface area contributed by atoms with Gasteiger partial charge in [0, 0.05) is 13.0 Å². The summed E-state index contributed by atoms with van der Waals surface area (Å²) in [7, 11) is 0. The van der Waals surface area contributed by atoms with E-state index in [4.69, 9.17) is 9.47 Å². The molecule has 1 saturated heterocycles. The minimum absolute atomic E-state index is 0.216. The predicted molar refractivity (Wildman–Crippen MR) is 99.4 cm³/mol. The Morgan fingerprint density at radius 2 is 1.85 bits per heavy atom. The summed E-state index contributed by atoms with van der Waals surface area (Å²) in [6, 6.07) is 16.1. The predicted octanol–water partition coefficient (Wildman–Crippen LogP) is 2.41. The molecule has 0 spiro atoms. The number of carbonyl (C=O) groups is 2. The van der Waals surface area contributed by atoms with Crippen LogP contribution in [0.1, 0.15) is 17.5 Å². The number of hydrogen-bond acceptors (Lipinski definition) is 4. The molecule has 1 fully saturated rings. The van der Waals surface area contributed by atoms with E-state index in [0.29, 0.717) is 32.0 Å². The van der Waals surface area contributed by atoms with Crippen LogP contribution < -0.4 is 10.1 Å². The lowest BCUT2D eigenvalue weighted by Crippen LogP contribution is -2.45. The summed E-state index contributed by atoms with van der Waals surface area (Å²) >= 11 is 0. The molecule has 2 aromatic carbocycles. The number of rotatable bonds is 8. The summed E-state index contributed by atoms with van der Waals surface area (Å²) in [5.41, 5.74) is 1.89. The summed E-state index contributed by atoms with van der Waals surface area (Å²) in [4.78, 5) is 23.7. The highest BCUT2D eigenvalue weighted by atomic mass is 16.5. The fourth-order valence-corrected chi connectivity index (χ4v) is 2.93. The fourth-order valence-electron chi connectivity index (χ4n) is 2.93. The quantitative estimate of drug-likeness (QED) is 0.746. The molecule has 1 heterocycles. The smallest absolute Gasteiger partial charge is 0.326 e. The maximum Gasteiger partial charge on any atom is 0.326 e. The number of amides is 1. The van der Waals surface area contributed by atoms with Crippen molar-refractivity contribution in [2.75, 3.05) is 13.2 Å². The maximum atomic E-state index is 12.1. The van der Waals surface area contributed by atoms with Crippen molar-refractivity contribution in [2.24, 2.45) is 5.92 Å². The maximum absolute atomic E-state index is 12.1. The van der Waals surface area contributed by atoms with E-state index < -0.39 is 12.0 Å². The Balaban J connectivity index is 1.54. The molecule has 6 heteroatoms. The normalized spacial score (nSPS) is 17.3. The largest absolute Gasteiger partial charge is 0.489 e. The first-order chi connectivity index (χ1) is 13.1. The summed E-state index contributed by atoms with van der Waals surface area (Å²) in [5.74, 6) is -0.864. The van der Waals surface area contributed by atoms with Gasteiger partial charge in [0.05, 0.1) is 12.5 Å². The number of carboxylic acid groups (broad SMARTS) is 1. The lowest BCUT2D eigenvalue weighted by atomic mass is 10.0. The minimum atomic E-state index is -1.05. The van der Waals surface area contributed by atoms with E-state index in [1.165, 1.54) is 0 Å². The fraction of sp³-hybridized carbons (Fsp3) is 0.333. The number of carbonyl (C=O) groups excluding carboxylic acids is 1. The Morgan fingerprint density at radius 1 is 1.11 bits per heavy atom. The molecule has 0 saturated carbocycles. The van der Waals surface area contributed by atoms with Gasteiger partial charge in [0.25, 0.3) is 0 Å². The average Bonchev–Trinajstić information content (AvgIpc) is 3.22. The molecule has 2 N–H and O–H groups in total. The van der Waals surface area contributed by atoms with Crippen molar-refractivity contribution in [3.05, 3.63) is 65.7 Å². The van der Waals surface area contributed by atoms with Gasteiger partial charge in [0.15, 0.2) is 0 Å². The van der Waals surface area contributed by atoms with Crippen LogP contribution in [0.2, 0.25) is 0 Å². The van der Waals surface area contributed by atoms with Gasteiger partial charge in [-0.15, -0.1) is 0 Å². The third-order valence-electron chi connectivity index (χ3n) is 4.53. The number of nitrogens with one attached hydrogen (secondary N) is 1. The third kappa shape index (κ3) is 5.56. The van der Waals surface area contributed by atoms with Gasteiger partial charge in [-0.05, 0) is 29.7 Å². The van der Waals surface area contributed by atoms with E-state index in [9.17, 15) is 14.7 Å². The second-order valence-corrected chi connectivity index (χ2v) is 6.58. The lowest BCUT2D eigenvalue weighted by molar-refractivity contribution is -0.142. The Bertz CT molecular complexity index is 754. The Labute approximate surface area is 158 Å². The molecule has 1 aliphatic rings. The van der Waals surface area contributed by atoms with Crippen molar-refractivity contribution in [3.8, 4) is 5.75 Å². The van der Waals surface area contributed by atoms with Crippen molar-refractivity contribution in [3.63, 3.8) is 0 Å². The van der Waals surface area contributed by atoms with E-state index in [1.54, 1.807) is 0 Å². The Kier molecular flexibility index (Phi) is 6.44. The Hall–Kier alpha value is -2.86. The zero-order valence-corrected chi connectivity index (χ0v) is 15.0. The van der Waals surface area contributed by atoms with E-state index in [0.717, 1.165) is 11.1 Å². The van der Waals surface area contributed by atoms with Gasteiger partial charge >= 0.3 is 5.97 Å². The molecule has 6 nitrogen and oxygen atoms in total. The average molecular weight is 369 g/mol. The first-order valence-corrected chi connectivity index (χ1v) is 8.98. The van der Waals surface area contributed by atoms with E-state index in [1.807, 2.05) is 54.6 Å². The van der Waals surface area contributed by atoms with Gasteiger partial charge in [0.2, 0.25) is 5.91 Å². The van der Waals surface area contributed by atoms with Crippen molar-refractivity contribution >= 4 is 11.9 Å². The van der Waals surface area contributed by atoms with E-state index >= 15 is 0 Å². The van der Waals surface area contributed by atoms with Gasteiger partial charge < -0.3 is 19.9 Å². The van der Waals surface area contributed by atoms with Crippen LogP contribution in [0, 0.1) is 5.92 Å². The lowest BCUT2D eigenvalue weighted by Gasteiger charge is -2.17. The summed E-state index contributed by atoms with van der Waals surface area (Å²) < 4.78 is 10.9. The van der Waals surface area contributed by atoms with Gasteiger partial charge in [-0.1, -0.05) is 42.5 Å². The van der Waals surface area contributed by atoms with Gasteiger partial charge in [-0.3, -0.25) is 4.79 Å². The summed E-state index contributed by atoms with van der Waals surface area (Å²) in [6.07, 6.45) is 0.846. The van der Waals surface area contributed by atoms with Crippen LogP contribution in [0.4, 0.5) is 0 Å². The zero-order valence-electron chi connectivity index (χ0n) is 15.0. The van der Waals surface area contributed by atoms with E-state index in [2.05, 4.69) is 5.32 Å². The molecule has 0 unspecified atom stereocenters. The molecule has 1 aliphatic heterocycles. The first kappa shape index (κ1) is 18.9. The van der Waals surface area contributed by atoms with Crippen LogP contribution in [-0.2, 0) is 27.4 Å². The van der Waals surface area contributed by atoms with Gasteiger partial charge in [-0.25, -0.2) is 4.79 Å². The van der Waals surface area contributed by atoms with E-state index in [-0.39, 0.29) is 18.2 Å².